The molecule has 0 aromatic heterocycles. The van der Waals surface area contributed by atoms with E-state index in [0.717, 1.165) is 25.5 Å². The standard InChI is InChI=1S/C12H13FO/c13-12(10-2-1-3-10)11-6-4-9(8-14)5-7-11/h4-8,10,12H,1-3H2. The minimum absolute atomic E-state index is 0.206. The Kier molecular flexibility index (Phi) is 2.62. The van der Waals surface area contributed by atoms with Gasteiger partial charge in [0.05, 0.1) is 0 Å². The van der Waals surface area contributed by atoms with E-state index in [0.29, 0.717) is 11.1 Å². The molecule has 1 aromatic rings. The first-order valence-electron chi connectivity index (χ1n) is 5.00. The number of rotatable bonds is 3. The average molecular weight is 192 g/mol. The minimum Gasteiger partial charge on any atom is -0.298 e. The summed E-state index contributed by atoms with van der Waals surface area (Å²) in [5.74, 6) is 0.206. The molecule has 0 saturated heterocycles. The molecule has 0 amide bonds. The summed E-state index contributed by atoms with van der Waals surface area (Å²) in [6.45, 7) is 0. The molecule has 0 aliphatic heterocycles. The van der Waals surface area contributed by atoms with E-state index in [9.17, 15) is 9.18 Å². The van der Waals surface area contributed by atoms with Crippen LogP contribution in [0.4, 0.5) is 4.39 Å². The van der Waals surface area contributed by atoms with E-state index >= 15 is 0 Å². The molecule has 0 spiro atoms. The van der Waals surface area contributed by atoms with E-state index in [1.165, 1.54) is 0 Å². The third-order valence-electron chi connectivity index (χ3n) is 2.95. The van der Waals surface area contributed by atoms with Crippen LogP contribution in [0.15, 0.2) is 24.3 Å². The average Bonchev–Trinajstić information content (AvgIpc) is 2.15. The normalized spacial score (nSPS) is 18.6. The lowest BCUT2D eigenvalue weighted by atomic mass is 9.79. The Morgan fingerprint density at radius 1 is 1.29 bits per heavy atom. The summed E-state index contributed by atoms with van der Waals surface area (Å²) in [6, 6.07) is 6.78. The Balaban J connectivity index is 2.11. The van der Waals surface area contributed by atoms with Crippen LogP contribution in [0, 0.1) is 5.92 Å². The second kappa shape index (κ2) is 3.91. The van der Waals surface area contributed by atoms with Gasteiger partial charge in [-0.25, -0.2) is 4.39 Å². The molecule has 0 radical (unpaired) electrons. The summed E-state index contributed by atoms with van der Waals surface area (Å²) < 4.78 is 13.7. The van der Waals surface area contributed by atoms with Crippen molar-refractivity contribution in [2.75, 3.05) is 0 Å². The fraction of sp³-hybridized carbons (Fsp3) is 0.417. The highest BCUT2D eigenvalue weighted by atomic mass is 19.1. The predicted molar refractivity (Wildman–Crippen MR) is 53.0 cm³/mol. The number of carbonyl (C=O) groups excluding carboxylic acids is 1. The molecule has 0 bridgehead atoms. The van der Waals surface area contributed by atoms with Crippen molar-refractivity contribution in [1.82, 2.24) is 0 Å². The Hall–Kier alpha value is -1.18. The molecule has 14 heavy (non-hydrogen) atoms. The van der Waals surface area contributed by atoms with Gasteiger partial charge in [0.2, 0.25) is 0 Å². The molecule has 74 valence electrons. The van der Waals surface area contributed by atoms with Gasteiger partial charge in [-0.3, -0.25) is 4.79 Å². The molecule has 1 aliphatic rings. The monoisotopic (exact) mass is 192 g/mol. The lowest BCUT2D eigenvalue weighted by Crippen LogP contribution is -2.17. The molecule has 1 saturated carbocycles. The molecule has 2 rings (SSSR count). The Bertz CT molecular complexity index is 314. The molecule has 1 fully saturated rings. The van der Waals surface area contributed by atoms with E-state index < -0.39 is 6.17 Å². The Morgan fingerprint density at radius 3 is 2.36 bits per heavy atom. The number of aldehydes is 1. The molecular formula is C12H13FO. The topological polar surface area (TPSA) is 17.1 Å². The van der Waals surface area contributed by atoms with Crippen LogP contribution in [0.1, 0.15) is 41.4 Å². The Morgan fingerprint density at radius 2 is 1.93 bits per heavy atom. The zero-order valence-corrected chi connectivity index (χ0v) is 7.95. The molecule has 2 heteroatoms. The highest BCUT2D eigenvalue weighted by Gasteiger charge is 2.27. The van der Waals surface area contributed by atoms with E-state index in [4.69, 9.17) is 0 Å². The van der Waals surface area contributed by atoms with Gasteiger partial charge >= 0.3 is 0 Å². The molecule has 0 N–H and O–H groups in total. The van der Waals surface area contributed by atoms with E-state index in [1.54, 1.807) is 24.3 Å². The van der Waals surface area contributed by atoms with Gasteiger partial charge in [-0.2, -0.15) is 0 Å². The molecule has 1 aliphatic carbocycles. The van der Waals surface area contributed by atoms with E-state index in [2.05, 4.69) is 0 Å². The number of carbonyl (C=O) groups is 1. The lowest BCUT2D eigenvalue weighted by Gasteiger charge is -2.28. The predicted octanol–water partition coefficient (Wildman–Crippen LogP) is 3.31. The van der Waals surface area contributed by atoms with Crippen molar-refractivity contribution < 1.29 is 9.18 Å². The third kappa shape index (κ3) is 1.69. The fourth-order valence-corrected chi connectivity index (χ4v) is 1.76. The van der Waals surface area contributed by atoms with Crippen LogP contribution in [-0.2, 0) is 0 Å². The van der Waals surface area contributed by atoms with Crippen LogP contribution >= 0.6 is 0 Å². The molecule has 1 atom stereocenters. The maximum absolute atomic E-state index is 13.7. The van der Waals surface area contributed by atoms with Gasteiger partial charge in [0.25, 0.3) is 0 Å². The van der Waals surface area contributed by atoms with Crippen molar-refractivity contribution in [2.45, 2.75) is 25.4 Å². The van der Waals surface area contributed by atoms with Crippen molar-refractivity contribution >= 4 is 6.29 Å². The largest absolute Gasteiger partial charge is 0.298 e. The second-order valence-corrected chi connectivity index (χ2v) is 3.88. The van der Waals surface area contributed by atoms with Gasteiger partial charge in [0.15, 0.2) is 0 Å². The highest BCUT2D eigenvalue weighted by Crippen LogP contribution is 2.39. The van der Waals surface area contributed by atoms with Gasteiger partial charge in [0.1, 0.15) is 12.5 Å². The van der Waals surface area contributed by atoms with Crippen molar-refractivity contribution in [2.24, 2.45) is 5.92 Å². The van der Waals surface area contributed by atoms with Crippen molar-refractivity contribution in [3.05, 3.63) is 35.4 Å². The first kappa shape index (κ1) is 9.38. The smallest absolute Gasteiger partial charge is 0.150 e. The number of hydrogen-bond acceptors (Lipinski definition) is 1. The van der Waals surface area contributed by atoms with Crippen molar-refractivity contribution in [3.63, 3.8) is 0 Å². The van der Waals surface area contributed by atoms with Crippen molar-refractivity contribution in [3.8, 4) is 0 Å². The van der Waals surface area contributed by atoms with Crippen LogP contribution < -0.4 is 0 Å². The van der Waals surface area contributed by atoms with Gasteiger partial charge in [-0.1, -0.05) is 30.7 Å². The van der Waals surface area contributed by atoms with Gasteiger partial charge < -0.3 is 0 Å². The van der Waals surface area contributed by atoms with Crippen molar-refractivity contribution in [1.29, 1.82) is 0 Å². The van der Waals surface area contributed by atoms with Crippen LogP contribution in [0.2, 0.25) is 0 Å². The van der Waals surface area contributed by atoms with Crippen LogP contribution in [-0.4, -0.2) is 6.29 Å². The highest BCUT2D eigenvalue weighted by molar-refractivity contribution is 5.74. The maximum atomic E-state index is 13.7. The number of benzene rings is 1. The molecule has 1 nitrogen and oxygen atoms in total. The van der Waals surface area contributed by atoms with E-state index in [-0.39, 0.29) is 5.92 Å². The van der Waals surface area contributed by atoms with Crippen LogP contribution in [0.3, 0.4) is 0 Å². The number of alkyl halides is 1. The third-order valence-corrected chi connectivity index (χ3v) is 2.95. The first-order chi connectivity index (χ1) is 6.81. The molecule has 1 aromatic carbocycles. The molecule has 1 unspecified atom stereocenters. The van der Waals surface area contributed by atoms with Crippen LogP contribution in [0.25, 0.3) is 0 Å². The summed E-state index contributed by atoms with van der Waals surface area (Å²) in [4.78, 5) is 10.4. The summed E-state index contributed by atoms with van der Waals surface area (Å²) >= 11 is 0. The number of halogens is 1. The zero-order chi connectivity index (χ0) is 9.97. The lowest BCUT2D eigenvalue weighted by molar-refractivity contribution is 0.112. The molecule has 0 heterocycles. The maximum Gasteiger partial charge on any atom is 0.150 e. The second-order valence-electron chi connectivity index (χ2n) is 3.88. The summed E-state index contributed by atoms with van der Waals surface area (Å²) in [7, 11) is 0. The zero-order valence-electron chi connectivity index (χ0n) is 7.95. The van der Waals surface area contributed by atoms with E-state index in [1.807, 2.05) is 0 Å². The number of hydrogen-bond donors (Lipinski definition) is 0. The van der Waals surface area contributed by atoms with Gasteiger partial charge in [-0.15, -0.1) is 0 Å². The molecular weight excluding hydrogens is 179 g/mol. The quantitative estimate of drug-likeness (QED) is 0.671. The summed E-state index contributed by atoms with van der Waals surface area (Å²) in [6.07, 6.45) is 3.08. The van der Waals surface area contributed by atoms with Gasteiger partial charge in [0, 0.05) is 5.56 Å². The fourth-order valence-electron chi connectivity index (χ4n) is 1.76. The SMILES string of the molecule is O=Cc1ccc(C(F)C2CCC2)cc1. The van der Waals surface area contributed by atoms with Crippen LogP contribution in [0.5, 0.6) is 0 Å². The summed E-state index contributed by atoms with van der Waals surface area (Å²) in [5.41, 5.74) is 1.31. The van der Waals surface area contributed by atoms with Gasteiger partial charge in [-0.05, 0) is 24.3 Å². The Labute approximate surface area is 82.9 Å². The first-order valence-corrected chi connectivity index (χ1v) is 5.00. The summed E-state index contributed by atoms with van der Waals surface area (Å²) in [5, 5.41) is 0. The minimum atomic E-state index is -0.843.